The summed E-state index contributed by atoms with van der Waals surface area (Å²) in [5, 5.41) is 7.88. The number of nitrogens with two attached hydrogens (primary N) is 4. The second-order valence-corrected chi connectivity index (χ2v) is 14.5. The average molecular weight is 762 g/mol. The van der Waals surface area contributed by atoms with Crippen LogP contribution in [0.25, 0.3) is 6.08 Å². The van der Waals surface area contributed by atoms with Crippen LogP contribution in [0.4, 0.5) is 4.79 Å². The number of benzene rings is 2. The van der Waals surface area contributed by atoms with E-state index in [-0.39, 0.29) is 42.1 Å². The van der Waals surface area contributed by atoms with E-state index >= 15 is 0 Å². The third-order valence-electron chi connectivity index (χ3n) is 9.36. The molecule has 2 fully saturated rings. The highest BCUT2D eigenvalue weighted by Gasteiger charge is 2.36. The van der Waals surface area contributed by atoms with Crippen LogP contribution in [0.1, 0.15) is 91.7 Å². The molecule has 1 saturated heterocycles. The fourth-order valence-electron chi connectivity index (χ4n) is 6.42. The third kappa shape index (κ3) is 12.4. The Kier molecular flexibility index (Phi) is 16.1. The number of nitrogens with one attached hydrogen (secondary N) is 3. The van der Waals surface area contributed by atoms with Gasteiger partial charge < -0.3 is 38.9 Å². The van der Waals surface area contributed by atoms with Gasteiger partial charge in [0.15, 0.2) is 5.96 Å². The highest BCUT2D eigenvalue weighted by Crippen LogP contribution is 2.35. The first-order valence-corrected chi connectivity index (χ1v) is 19.1. The molecule has 11 N–H and O–H groups in total. The number of hydrogen-bond donors (Lipinski definition) is 7. The van der Waals surface area contributed by atoms with Crippen molar-refractivity contribution in [2.75, 3.05) is 19.6 Å². The summed E-state index contributed by atoms with van der Waals surface area (Å²) in [5.41, 5.74) is 23.6. The average Bonchev–Trinajstić information content (AvgIpc) is 3.42. The number of hydrogen-bond acceptors (Lipinski definition) is 9. The van der Waals surface area contributed by atoms with E-state index in [9.17, 15) is 28.8 Å². The first-order valence-electron chi connectivity index (χ1n) is 18.3. The second kappa shape index (κ2) is 20.9. The van der Waals surface area contributed by atoms with Crippen molar-refractivity contribution in [3.8, 4) is 0 Å². The van der Waals surface area contributed by atoms with Gasteiger partial charge in [0.25, 0.3) is 17.1 Å². The van der Waals surface area contributed by atoms with Crippen LogP contribution in [-0.4, -0.2) is 77.4 Å². The first-order chi connectivity index (χ1) is 26.0. The van der Waals surface area contributed by atoms with Crippen molar-refractivity contribution in [1.29, 1.82) is 0 Å². The van der Waals surface area contributed by atoms with Crippen molar-refractivity contribution in [2.24, 2.45) is 33.8 Å². The fraction of sp³-hybridized carbons (Fsp3) is 0.447. The van der Waals surface area contributed by atoms with Crippen LogP contribution >= 0.6 is 11.8 Å². The minimum atomic E-state index is -1.13. The van der Waals surface area contributed by atoms with Gasteiger partial charge in [0.05, 0.1) is 4.91 Å². The predicted octanol–water partition coefficient (Wildman–Crippen LogP) is 2.41. The summed E-state index contributed by atoms with van der Waals surface area (Å²) >= 11 is 0.907. The molecule has 0 bridgehead atoms. The fourth-order valence-corrected chi connectivity index (χ4v) is 7.27. The van der Waals surface area contributed by atoms with Crippen molar-refractivity contribution in [2.45, 2.75) is 82.3 Å². The number of primary amides is 1. The van der Waals surface area contributed by atoms with Gasteiger partial charge in [0.2, 0.25) is 17.7 Å². The smallest absolute Gasteiger partial charge is 0.293 e. The lowest BCUT2D eigenvalue weighted by molar-refractivity contribution is -0.132. The van der Waals surface area contributed by atoms with Crippen LogP contribution in [0.3, 0.4) is 0 Å². The summed E-state index contributed by atoms with van der Waals surface area (Å²) in [6.45, 7) is 1.00. The second-order valence-electron chi connectivity index (χ2n) is 13.5. The number of nitrogens with zero attached hydrogens (tertiary/aromatic N) is 2. The molecule has 0 aromatic heterocycles. The minimum absolute atomic E-state index is 0.117. The molecule has 1 saturated carbocycles. The Morgan fingerprint density at radius 2 is 1.48 bits per heavy atom. The van der Waals surface area contributed by atoms with E-state index in [2.05, 4.69) is 20.9 Å². The van der Waals surface area contributed by atoms with Gasteiger partial charge in [-0.15, -0.1) is 0 Å². The zero-order valence-corrected chi connectivity index (χ0v) is 31.2. The van der Waals surface area contributed by atoms with E-state index < -0.39 is 41.8 Å². The van der Waals surface area contributed by atoms with Gasteiger partial charge in [-0.05, 0) is 98.5 Å². The molecule has 0 spiro atoms. The molecule has 290 valence electrons. The van der Waals surface area contributed by atoms with Gasteiger partial charge in [-0.25, -0.2) is 0 Å². The van der Waals surface area contributed by atoms with Crippen molar-refractivity contribution in [3.63, 3.8) is 0 Å². The van der Waals surface area contributed by atoms with Gasteiger partial charge >= 0.3 is 0 Å². The van der Waals surface area contributed by atoms with Crippen LogP contribution in [0.2, 0.25) is 0 Å². The number of guanidine groups is 1. The maximum Gasteiger partial charge on any atom is 0.293 e. The predicted molar refractivity (Wildman–Crippen MR) is 208 cm³/mol. The summed E-state index contributed by atoms with van der Waals surface area (Å²) in [4.78, 5) is 84.4. The standard InChI is InChI=1S/C38H51N9O6S/c39-20-8-7-14-28(35(51)46-31(32(40)48)26-12-5-2-6-13-26)45-34(50)29(15-9-21-43-37(41)42)44-33(49)27-18-16-24(17-19-27)22-30-36(52)47(38(53)54-30)23-25-10-3-1-4-11-25/h2,5-6,12-13,16-19,22,25,28-29,31H,1,3-4,7-11,14-15,20-21,23,39H2,(H2,40,48)(H,44,49)(H,45,50)(H,46,51)(H4,41,42,43)/b30-22-/t28-,29-,31-/m0/s1. The number of rotatable bonds is 19. The largest absolute Gasteiger partial charge is 0.370 e. The molecular formula is C38H51N9O6S. The lowest BCUT2D eigenvalue weighted by atomic mass is 9.89. The van der Waals surface area contributed by atoms with Crippen LogP contribution in [0, 0.1) is 5.92 Å². The van der Waals surface area contributed by atoms with Gasteiger partial charge in [-0.3, -0.25) is 38.7 Å². The number of carbonyl (C=O) groups excluding carboxylic acids is 6. The van der Waals surface area contributed by atoms with Gasteiger partial charge in [0.1, 0.15) is 18.1 Å². The van der Waals surface area contributed by atoms with Crippen LogP contribution in [-0.2, 0) is 19.2 Å². The molecule has 0 unspecified atom stereocenters. The lowest BCUT2D eigenvalue weighted by Gasteiger charge is -2.25. The van der Waals surface area contributed by atoms with E-state index in [1.165, 1.54) is 11.3 Å². The summed E-state index contributed by atoms with van der Waals surface area (Å²) in [7, 11) is 0. The summed E-state index contributed by atoms with van der Waals surface area (Å²) in [6.07, 6.45) is 8.83. The molecule has 0 radical (unpaired) electrons. The van der Waals surface area contributed by atoms with Crippen LogP contribution in [0.5, 0.6) is 0 Å². The van der Waals surface area contributed by atoms with Crippen LogP contribution in [0.15, 0.2) is 64.5 Å². The molecule has 2 aliphatic rings. The summed E-state index contributed by atoms with van der Waals surface area (Å²) < 4.78 is 0. The Morgan fingerprint density at radius 3 is 2.13 bits per heavy atom. The molecule has 6 amide bonds. The van der Waals surface area contributed by atoms with E-state index in [1.54, 1.807) is 60.7 Å². The number of unbranched alkanes of at least 4 members (excludes halogenated alkanes) is 1. The maximum absolute atomic E-state index is 13.8. The van der Waals surface area contributed by atoms with Gasteiger partial charge in [-0.1, -0.05) is 61.7 Å². The molecule has 3 atom stereocenters. The SMILES string of the molecule is NCCCC[C@H](NC(=O)[C@H](CCCN=C(N)N)NC(=O)c1ccc(/C=C2\SC(=O)N(CC3CCCCC3)C2=O)cc1)C(=O)N[C@H](C(N)=O)c1ccccc1. The third-order valence-corrected chi connectivity index (χ3v) is 10.3. The number of aliphatic imine (C=N–C) groups is 1. The van der Waals surface area contributed by atoms with Crippen molar-refractivity contribution >= 4 is 58.6 Å². The molecule has 2 aromatic carbocycles. The molecule has 2 aromatic rings. The molecule has 1 heterocycles. The quantitative estimate of drug-likeness (QED) is 0.0476. The highest BCUT2D eigenvalue weighted by atomic mass is 32.2. The molecule has 15 nitrogen and oxygen atoms in total. The molecular weight excluding hydrogens is 711 g/mol. The first kappa shape index (κ1) is 41.5. The molecule has 1 aliphatic carbocycles. The summed E-state index contributed by atoms with van der Waals surface area (Å²) in [6, 6.07) is 11.6. The minimum Gasteiger partial charge on any atom is -0.370 e. The maximum atomic E-state index is 13.8. The molecule has 4 rings (SSSR count). The Labute approximate surface area is 319 Å². The van der Waals surface area contributed by atoms with Crippen molar-refractivity contribution in [1.82, 2.24) is 20.9 Å². The lowest BCUT2D eigenvalue weighted by Crippen LogP contribution is -2.54. The summed E-state index contributed by atoms with van der Waals surface area (Å²) in [5.74, 6) is -2.68. The van der Waals surface area contributed by atoms with E-state index in [1.807, 2.05) is 0 Å². The van der Waals surface area contributed by atoms with E-state index in [4.69, 9.17) is 22.9 Å². The Bertz CT molecular complexity index is 1690. The number of amides is 6. The van der Waals surface area contributed by atoms with E-state index in [0.29, 0.717) is 54.3 Å². The number of imide groups is 1. The number of thioether (sulfide) groups is 1. The highest BCUT2D eigenvalue weighted by molar-refractivity contribution is 8.18. The monoisotopic (exact) mass is 761 g/mol. The van der Waals surface area contributed by atoms with E-state index in [0.717, 1.165) is 37.4 Å². The van der Waals surface area contributed by atoms with Crippen molar-refractivity contribution in [3.05, 3.63) is 76.2 Å². The van der Waals surface area contributed by atoms with Crippen molar-refractivity contribution < 1.29 is 28.8 Å². The topological polar surface area (TPSA) is 258 Å². The van der Waals surface area contributed by atoms with Gasteiger partial charge in [-0.2, -0.15) is 0 Å². The Balaban J connectivity index is 1.45. The zero-order valence-electron chi connectivity index (χ0n) is 30.3. The zero-order chi connectivity index (χ0) is 39.0. The molecule has 16 heteroatoms. The Morgan fingerprint density at radius 1 is 0.833 bits per heavy atom. The van der Waals surface area contributed by atoms with Crippen LogP contribution < -0.4 is 38.9 Å². The normalized spacial score (nSPS) is 17.1. The molecule has 1 aliphatic heterocycles. The Hall–Kier alpha value is -5.22. The van der Waals surface area contributed by atoms with Gasteiger partial charge in [0, 0.05) is 18.7 Å². The molecule has 54 heavy (non-hydrogen) atoms. The number of carbonyl (C=O) groups is 6.